The third-order valence-corrected chi connectivity index (χ3v) is 6.05. The predicted molar refractivity (Wildman–Crippen MR) is 134 cm³/mol. The van der Waals surface area contributed by atoms with Gasteiger partial charge in [0.15, 0.2) is 11.6 Å². The number of rotatable bonds is 4. The normalized spacial score (nSPS) is 15.6. The zero-order chi connectivity index (χ0) is 26.0. The monoisotopic (exact) mass is 496 g/mol. The Bertz CT molecular complexity index is 1290. The number of nitrogens with one attached hydrogen (secondary N) is 2. The molecular formula is C27H27F3N4O2. The summed E-state index contributed by atoms with van der Waals surface area (Å²) in [6.45, 7) is 6.10. The van der Waals surface area contributed by atoms with Crippen LogP contribution in [0.25, 0.3) is 11.3 Å². The van der Waals surface area contributed by atoms with Crippen molar-refractivity contribution < 1.29 is 22.8 Å². The van der Waals surface area contributed by atoms with Crippen LogP contribution in [0.1, 0.15) is 43.1 Å². The highest BCUT2D eigenvalue weighted by molar-refractivity contribution is 6.05. The highest BCUT2D eigenvalue weighted by Crippen LogP contribution is 2.35. The molecule has 0 fully saturated rings. The third-order valence-electron chi connectivity index (χ3n) is 6.05. The summed E-state index contributed by atoms with van der Waals surface area (Å²) in [4.78, 5) is 32.0. The molecule has 1 aromatic heterocycles. The fourth-order valence-corrected chi connectivity index (χ4v) is 4.10. The molecule has 1 aliphatic heterocycles. The Hall–Kier alpha value is -3.88. The Morgan fingerprint density at radius 3 is 2.56 bits per heavy atom. The summed E-state index contributed by atoms with van der Waals surface area (Å²) in [5, 5.41) is 6.10. The zero-order valence-electron chi connectivity index (χ0n) is 20.2. The number of nitrogens with zero attached hydrogens (tertiary/aromatic N) is 2. The number of Topliss-reactive ketones (excluding diaryl/α,β-unsaturated/α-hetero) is 1. The fraction of sp³-hybridized carbons (Fsp3) is 0.296. The SMILES string of the molecule is CC(C)C(=O)c1cccc(NC(=O)N2c3nc(-c4cccc(C(F)(F)F)c4)ccc3NCC[C@H]2C)c1. The molecule has 2 heterocycles. The van der Waals surface area contributed by atoms with Crippen molar-refractivity contribution >= 4 is 29.0 Å². The lowest BCUT2D eigenvalue weighted by atomic mass is 10.0. The number of hydrogen-bond donors (Lipinski definition) is 2. The first-order chi connectivity index (χ1) is 17.0. The molecule has 0 radical (unpaired) electrons. The molecule has 3 aromatic rings. The summed E-state index contributed by atoms with van der Waals surface area (Å²) in [5.74, 6) is 0.107. The standard InChI is InChI=1S/C27H27F3N4O2/c1-16(2)24(35)19-7-5-9-21(15-19)32-26(36)34-17(3)12-13-31-23-11-10-22(33-25(23)34)18-6-4-8-20(14-18)27(28,29)30/h4-11,14-17,31H,12-13H2,1-3H3,(H,32,36)/t17-/m1/s1. The second-order valence-electron chi connectivity index (χ2n) is 9.11. The average Bonchev–Trinajstić information content (AvgIpc) is 3.00. The number of alkyl halides is 3. The Balaban J connectivity index is 1.69. The number of carbonyl (C=O) groups excluding carboxylic acids is 2. The van der Waals surface area contributed by atoms with E-state index in [0.29, 0.717) is 47.0 Å². The highest BCUT2D eigenvalue weighted by Gasteiger charge is 2.31. The lowest BCUT2D eigenvalue weighted by Gasteiger charge is -2.27. The van der Waals surface area contributed by atoms with E-state index in [0.717, 1.165) is 12.1 Å². The number of halogens is 3. The van der Waals surface area contributed by atoms with Gasteiger partial charge in [0, 0.05) is 35.3 Å². The number of benzene rings is 2. The van der Waals surface area contributed by atoms with Gasteiger partial charge in [-0.2, -0.15) is 13.2 Å². The van der Waals surface area contributed by atoms with Crippen LogP contribution in [0.15, 0.2) is 60.7 Å². The second kappa shape index (κ2) is 10.0. The largest absolute Gasteiger partial charge is 0.416 e. The van der Waals surface area contributed by atoms with Gasteiger partial charge in [-0.15, -0.1) is 0 Å². The molecule has 0 aliphatic carbocycles. The first-order valence-electron chi connectivity index (χ1n) is 11.7. The van der Waals surface area contributed by atoms with Gasteiger partial charge in [0.05, 0.1) is 16.9 Å². The van der Waals surface area contributed by atoms with E-state index in [2.05, 4.69) is 15.6 Å². The Kier molecular flexibility index (Phi) is 7.01. The van der Waals surface area contributed by atoms with Crippen LogP contribution < -0.4 is 15.5 Å². The summed E-state index contributed by atoms with van der Waals surface area (Å²) in [6, 6.07) is 14.3. The van der Waals surface area contributed by atoms with Crippen molar-refractivity contribution in [2.75, 3.05) is 22.1 Å². The molecule has 0 unspecified atom stereocenters. The smallest absolute Gasteiger partial charge is 0.382 e. The van der Waals surface area contributed by atoms with Gasteiger partial charge < -0.3 is 10.6 Å². The molecule has 2 amide bonds. The van der Waals surface area contributed by atoms with Gasteiger partial charge in [-0.05, 0) is 49.7 Å². The first kappa shape index (κ1) is 25.2. The first-order valence-corrected chi connectivity index (χ1v) is 11.7. The maximum Gasteiger partial charge on any atom is 0.416 e. The third kappa shape index (κ3) is 5.35. The van der Waals surface area contributed by atoms with Gasteiger partial charge in [-0.1, -0.05) is 38.1 Å². The molecule has 2 N–H and O–H groups in total. The number of amides is 2. The van der Waals surface area contributed by atoms with Crippen LogP contribution in [0.3, 0.4) is 0 Å². The van der Waals surface area contributed by atoms with Crippen LogP contribution in [0.5, 0.6) is 0 Å². The lowest BCUT2D eigenvalue weighted by Crippen LogP contribution is -2.42. The number of urea groups is 1. The Morgan fingerprint density at radius 1 is 1.08 bits per heavy atom. The van der Waals surface area contributed by atoms with Crippen LogP contribution in [-0.4, -0.2) is 29.4 Å². The number of anilines is 3. The van der Waals surface area contributed by atoms with E-state index in [1.165, 1.54) is 11.0 Å². The molecule has 1 atom stereocenters. The van der Waals surface area contributed by atoms with Gasteiger partial charge in [0.2, 0.25) is 0 Å². The molecule has 0 spiro atoms. The van der Waals surface area contributed by atoms with Crippen molar-refractivity contribution in [1.29, 1.82) is 0 Å². The maximum absolute atomic E-state index is 13.5. The topological polar surface area (TPSA) is 74.3 Å². The molecule has 0 saturated carbocycles. The van der Waals surface area contributed by atoms with Crippen molar-refractivity contribution in [3.8, 4) is 11.3 Å². The van der Waals surface area contributed by atoms with E-state index in [1.54, 1.807) is 42.5 Å². The van der Waals surface area contributed by atoms with E-state index in [4.69, 9.17) is 0 Å². The van der Waals surface area contributed by atoms with Crippen molar-refractivity contribution in [2.24, 2.45) is 5.92 Å². The van der Waals surface area contributed by atoms with E-state index < -0.39 is 17.8 Å². The lowest BCUT2D eigenvalue weighted by molar-refractivity contribution is -0.137. The van der Waals surface area contributed by atoms with Crippen molar-refractivity contribution in [1.82, 2.24) is 4.98 Å². The summed E-state index contributed by atoms with van der Waals surface area (Å²) in [5.41, 5.74) is 1.41. The van der Waals surface area contributed by atoms with Gasteiger partial charge in [-0.25, -0.2) is 9.78 Å². The van der Waals surface area contributed by atoms with Gasteiger partial charge >= 0.3 is 12.2 Å². The van der Waals surface area contributed by atoms with Crippen molar-refractivity contribution in [2.45, 2.75) is 39.4 Å². The minimum atomic E-state index is -4.48. The van der Waals surface area contributed by atoms with Crippen LogP contribution in [0, 0.1) is 5.92 Å². The molecule has 1 aliphatic rings. The van der Waals surface area contributed by atoms with Gasteiger partial charge in [0.1, 0.15) is 0 Å². The number of hydrogen-bond acceptors (Lipinski definition) is 4. The number of aromatic nitrogens is 1. The van der Waals surface area contributed by atoms with Crippen molar-refractivity contribution in [3.63, 3.8) is 0 Å². The minimum Gasteiger partial charge on any atom is -0.382 e. The van der Waals surface area contributed by atoms with Crippen molar-refractivity contribution in [3.05, 3.63) is 71.8 Å². The Morgan fingerprint density at radius 2 is 1.83 bits per heavy atom. The molecule has 4 rings (SSSR count). The van der Waals surface area contributed by atoms with Crippen LogP contribution in [-0.2, 0) is 6.18 Å². The minimum absolute atomic E-state index is 0.0313. The molecule has 0 bridgehead atoms. The summed E-state index contributed by atoms with van der Waals surface area (Å²) in [7, 11) is 0. The van der Waals surface area contributed by atoms with E-state index >= 15 is 0 Å². The summed E-state index contributed by atoms with van der Waals surface area (Å²) in [6.07, 6.45) is -3.84. The predicted octanol–water partition coefficient (Wildman–Crippen LogP) is 6.85. The molecule has 188 valence electrons. The molecular weight excluding hydrogens is 469 g/mol. The maximum atomic E-state index is 13.5. The number of pyridine rings is 1. The Labute approximate surface area is 207 Å². The van der Waals surface area contributed by atoms with Gasteiger partial charge in [-0.3, -0.25) is 9.69 Å². The highest BCUT2D eigenvalue weighted by atomic mass is 19.4. The summed E-state index contributed by atoms with van der Waals surface area (Å²) >= 11 is 0. The number of ketones is 1. The number of carbonyl (C=O) groups is 2. The fourth-order valence-electron chi connectivity index (χ4n) is 4.10. The van der Waals surface area contributed by atoms with E-state index in [-0.39, 0.29) is 17.7 Å². The molecule has 36 heavy (non-hydrogen) atoms. The molecule has 0 saturated heterocycles. The summed E-state index contributed by atoms with van der Waals surface area (Å²) < 4.78 is 39.7. The molecule has 2 aromatic carbocycles. The van der Waals surface area contributed by atoms with Gasteiger partial charge in [0.25, 0.3) is 0 Å². The second-order valence-corrected chi connectivity index (χ2v) is 9.11. The quantitative estimate of drug-likeness (QED) is 0.388. The zero-order valence-corrected chi connectivity index (χ0v) is 20.2. The van der Waals surface area contributed by atoms with Crippen LogP contribution >= 0.6 is 0 Å². The van der Waals surface area contributed by atoms with E-state index in [9.17, 15) is 22.8 Å². The van der Waals surface area contributed by atoms with Crippen LogP contribution in [0.2, 0.25) is 0 Å². The van der Waals surface area contributed by atoms with E-state index in [1.807, 2.05) is 20.8 Å². The van der Waals surface area contributed by atoms with Crippen LogP contribution in [0.4, 0.5) is 35.2 Å². The number of fused-ring (bicyclic) bond motifs is 1. The average molecular weight is 497 g/mol. The molecule has 9 heteroatoms. The molecule has 6 nitrogen and oxygen atoms in total.